The Morgan fingerprint density at radius 3 is 2.65 bits per heavy atom. The lowest BCUT2D eigenvalue weighted by Gasteiger charge is -2.37. The number of carbonyl (C=O) groups excluding carboxylic acids is 2. The van der Waals surface area contributed by atoms with Gasteiger partial charge in [-0.3, -0.25) is 9.59 Å². The lowest BCUT2D eigenvalue weighted by Crippen LogP contribution is -2.52. The molecular weight excluding hydrogens is 416 g/mol. The number of furan rings is 1. The van der Waals surface area contributed by atoms with Gasteiger partial charge in [0.05, 0.1) is 13.4 Å². The van der Waals surface area contributed by atoms with Gasteiger partial charge in [-0.1, -0.05) is 35.9 Å². The Hall–Kier alpha value is -3.25. The SMILES string of the molecule is COc1ccc(Cl)cc1CN(C)C(=O)C1Cc2ccccc2CN1C(=O)c1ccco1. The number of ether oxygens (including phenoxy) is 1. The minimum atomic E-state index is -0.636. The maximum Gasteiger partial charge on any atom is 0.290 e. The van der Waals surface area contributed by atoms with Crippen molar-refractivity contribution in [3.05, 3.63) is 88.3 Å². The largest absolute Gasteiger partial charge is 0.496 e. The Morgan fingerprint density at radius 2 is 1.94 bits per heavy atom. The van der Waals surface area contributed by atoms with E-state index in [0.717, 1.165) is 16.7 Å². The van der Waals surface area contributed by atoms with Gasteiger partial charge < -0.3 is 19.0 Å². The van der Waals surface area contributed by atoms with Crippen LogP contribution in [0.1, 0.15) is 27.2 Å². The highest BCUT2D eigenvalue weighted by atomic mass is 35.5. The van der Waals surface area contributed by atoms with E-state index >= 15 is 0 Å². The standard InChI is InChI=1S/C24H23ClN2O4/c1-26(14-18-12-19(25)9-10-21(18)30-2)23(28)20-13-16-6-3-4-7-17(16)15-27(20)24(29)22-8-5-11-31-22/h3-12,20H,13-15H2,1-2H3. The molecule has 1 aliphatic rings. The number of halogens is 1. The van der Waals surface area contributed by atoms with Crippen LogP contribution in [-0.4, -0.2) is 41.8 Å². The summed E-state index contributed by atoms with van der Waals surface area (Å²) in [7, 11) is 3.30. The van der Waals surface area contributed by atoms with E-state index in [9.17, 15) is 9.59 Å². The summed E-state index contributed by atoms with van der Waals surface area (Å²) in [5.41, 5.74) is 2.90. The van der Waals surface area contributed by atoms with Gasteiger partial charge >= 0.3 is 0 Å². The molecule has 0 fully saturated rings. The first-order valence-electron chi connectivity index (χ1n) is 9.96. The zero-order chi connectivity index (χ0) is 22.0. The normalized spacial score (nSPS) is 15.3. The highest BCUT2D eigenvalue weighted by molar-refractivity contribution is 6.30. The maximum atomic E-state index is 13.5. The summed E-state index contributed by atoms with van der Waals surface area (Å²) >= 11 is 6.14. The average molecular weight is 439 g/mol. The van der Waals surface area contributed by atoms with E-state index in [-0.39, 0.29) is 17.6 Å². The molecule has 1 unspecified atom stereocenters. The number of rotatable bonds is 5. The molecule has 0 saturated heterocycles. The molecule has 3 aromatic rings. The maximum absolute atomic E-state index is 13.5. The topological polar surface area (TPSA) is 63.0 Å². The molecule has 0 bridgehead atoms. The van der Waals surface area contributed by atoms with Gasteiger partial charge in [0.1, 0.15) is 11.8 Å². The summed E-state index contributed by atoms with van der Waals surface area (Å²) < 4.78 is 10.7. The second-order valence-corrected chi connectivity index (χ2v) is 7.99. The van der Waals surface area contributed by atoms with Crippen LogP contribution >= 0.6 is 11.6 Å². The van der Waals surface area contributed by atoms with Crippen LogP contribution in [-0.2, 0) is 24.3 Å². The Kier molecular flexibility index (Phi) is 6.00. The first-order valence-corrected chi connectivity index (χ1v) is 10.3. The number of nitrogens with zero attached hydrogens (tertiary/aromatic N) is 2. The second kappa shape index (κ2) is 8.86. The molecule has 1 aromatic heterocycles. The smallest absolute Gasteiger partial charge is 0.290 e. The molecule has 0 N–H and O–H groups in total. The average Bonchev–Trinajstić information content (AvgIpc) is 3.32. The molecule has 31 heavy (non-hydrogen) atoms. The van der Waals surface area contributed by atoms with E-state index in [1.54, 1.807) is 54.3 Å². The fraction of sp³-hybridized carbons (Fsp3) is 0.250. The molecule has 1 atom stereocenters. The van der Waals surface area contributed by atoms with Crippen molar-refractivity contribution >= 4 is 23.4 Å². The summed E-state index contributed by atoms with van der Waals surface area (Å²) in [5.74, 6) is 0.418. The molecule has 7 heteroatoms. The molecular formula is C24H23ClN2O4. The van der Waals surface area contributed by atoms with E-state index < -0.39 is 6.04 Å². The third kappa shape index (κ3) is 4.30. The number of hydrogen-bond acceptors (Lipinski definition) is 4. The zero-order valence-electron chi connectivity index (χ0n) is 17.4. The van der Waals surface area contributed by atoms with Crippen molar-refractivity contribution in [2.75, 3.05) is 14.2 Å². The summed E-state index contributed by atoms with van der Waals surface area (Å²) in [6.07, 6.45) is 1.90. The van der Waals surface area contributed by atoms with Crippen molar-refractivity contribution in [3.63, 3.8) is 0 Å². The van der Waals surface area contributed by atoms with Crippen LogP contribution in [0.4, 0.5) is 0 Å². The minimum Gasteiger partial charge on any atom is -0.496 e. The van der Waals surface area contributed by atoms with Crippen molar-refractivity contribution < 1.29 is 18.7 Å². The van der Waals surface area contributed by atoms with Crippen LogP contribution in [0.15, 0.2) is 65.3 Å². The predicted octanol–water partition coefficient (Wildman–Crippen LogP) is 4.17. The Balaban J connectivity index is 1.62. The molecule has 2 amide bonds. The van der Waals surface area contributed by atoms with Gasteiger partial charge in [-0.05, 0) is 41.5 Å². The fourth-order valence-electron chi connectivity index (χ4n) is 3.96. The van der Waals surface area contributed by atoms with E-state index in [2.05, 4.69) is 0 Å². The van der Waals surface area contributed by atoms with E-state index in [4.69, 9.17) is 20.8 Å². The van der Waals surface area contributed by atoms with Crippen molar-refractivity contribution in [1.29, 1.82) is 0 Å². The minimum absolute atomic E-state index is 0.156. The lowest BCUT2D eigenvalue weighted by atomic mass is 9.93. The van der Waals surface area contributed by atoms with Gasteiger partial charge in [0.15, 0.2) is 5.76 Å². The van der Waals surface area contributed by atoms with E-state index in [0.29, 0.717) is 30.3 Å². The molecule has 6 nitrogen and oxygen atoms in total. The molecule has 160 valence electrons. The van der Waals surface area contributed by atoms with Gasteiger partial charge in [0.2, 0.25) is 5.91 Å². The van der Waals surface area contributed by atoms with Crippen molar-refractivity contribution in [3.8, 4) is 5.75 Å². The molecule has 2 heterocycles. The first-order chi connectivity index (χ1) is 15.0. The number of fused-ring (bicyclic) bond motifs is 1. The van der Waals surface area contributed by atoms with Gasteiger partial charge in [0.25, 0.3) is 5.91 Å². The van der Waals surface area contributed by atoms with Crippen LogP contribution in [0.5, 0.6) is 5.75 Å². The molecule has 4 rings (SSSR count). The molecule has 0 spiro atoms. The van der Waals surface area contributed by atoms with E-state index in [1.807, 2.05) is 24.3 Å². The molecule has 1 aliphatic heterocycles. The first kappa shape index (κ1) is 21.0. The van der Waals surface area contributed by atoms with Gasteiger partial charge in [0, 0.05) is 37.1 Å². The van der Waals surface area contributed by atoms with Crippen molar-refractivity contribution in [2.45, 2.75) is 25.6 Å². The second-order valence-electron chi connectivity index (χ2n) is 7.55. The number of amides is 2. The third-order valence-corrected chi connectivity index (χ3v) is 5.79. The van der Waals surface area contributed by atoms with Gasteiger partial charge in [-0.15, -0.1) is 0 Å². The number of likely N-dealkylation sites (N-methyl/N-ethyl adjacent to an activating group) is 1. The molecule has 0 aliphatic carbocycles. The highest BCUT2D eigenvalue weighted by Gasteiger charge is 2.37. The summed E-state index contributed by atoms with van der Waals surface area (Å²) in [6.45, 7) is 0.657. The third-order valence-electron chi connectivity index (χ3n) is 5.55. The molecule has 0 saturated carbocycles. The van der Waals surface area contributed by atoms with Crippen molar-refractivity contribution in [2.24, 2.45) is 0 Å². The number of benzene rings is 2. The Labute approximate surface area is 186 Å². The quantitative estimate of drug-likeness (QED) is 0.599. The van der Waals surface area contributed by atoms with Crippen molar-refractivity contribution in [1.82, 2.24) is 9.80 Å². The zero-order valence-corrected chi connectivity index (χ0v) is 18.1. The predicted molar refractivity (Wildman–Crippen MR) is 117 cm³/mol. The Bertz CT molecular complexity index is 1100. The number of hydrogen-bond donors (Lipinski definition) is 0. The monoisotopic (exact) mass is 438 g/mol. The molecule has 2 aromatic carbocycles. The summed E-state index contributed by atoms with van der Waals surface area (Å²) in [6, 6.07) is 15.8. The Morgan fingerprint density at radius 1 is 1.16 bits per heavy atom. The lowest BCUT2D eigenvalue weighted by molar-refractivity contribution is -0.135. The van der Waals surface area contributed by atoms with Crippen LogP contribution in [0, 0.1) is 0 Å². The van der Waals surface area contributed by atoms with Crippen LogP contribution in [0.25, 0.3) is 0 Å². The fourth-order valence-corrected chi connectivity index (χ4v) is 4.15. The summed E-state index contributed by atoms with van der Waals surface area (Å²) in [4.78, 5) is 29.8. The van der Waals surface area contributed by atoms with Gasteiger partial charge in [-0.25, -0.2) is 0 Å². The highest BCUT2D eigenvalue weighted by Crippen LogP contribution is 2.28. The van der Waals surface area contributed by atoms with Crippen LogP contribution < -0.4 is 4.74 Å². The number of carbonyl (C=O) groups is 2. The van der Waals surface area contributed by atoms with E-state index in [1.165, 1.54) is 6.26 Å². The van der Waals surface area contributed by atoms with Crippen LogP contribution in [0.2, 0.25) is 5.02 Å². The molecule has 0 radical (unpaired) electrons. The van der Waals surface area contributed by atoms with Gasteiger partial charge in [-0.2, -0.15) is 0 Å². The summed E-state index contributed by atoms with van der Waals surface area (Å²) in [5, 5.41) is 0.567. The van der Waals surface area contributed by atoms with Crippen LogP contribution in [0.3, 0.4) is 0 Å². The number of methoxy groups -OCH3 is 1.